The van der Waals surface area contributed by atoms with Crippen molar-refractivity contribution in [2.24, 2.45) is 0 Å². The lowest BCUT2D eigenvalue weighted by atomic mass is 10.2. The Morgan fingerprint density at radius 2 is 1.39 bits per heavy atom. The van der Waals surface area contributed by atoms with Crippen LogP contribution in [0.15, 0.2) is 76.5 Å². The predicted octanol–water partition coefficient (Wildman–Crippen LogP) is 3.64. The summed E-state index contributed by atoms with van der Waals surface area (Å²) in [5.41, 5.74) is -0.323. The number of halogens is 1. The number of rotatable bonds is 7. The molecule has 0 heterocycles. The molecule has 0 aromatic heterocycles. The Hall–Kier alpha value is -3.51. The van der Waals surface area contributed by atoms with Gasteiger partial charge in [0.1, 0.15) is 5.82 Å². The number of para-hydroxylation sites is 2. The molecule has 31 heavy (non-hydrogen) atoms. The van der Waals surface area contributed by atoms with Crippen LogP contribution >= 0.6 is 0 Å². The third-order valence-corrected chi connectivity index (χ3v) is 7.10. The molecule has 3 aromatic rings. The number of nitro benzene ring substituents is 1. The van der Waals surface area contributed by atoms with Gasteiger partial charge in [0.25, 0.3) is 25.7 Å². The second-order valence-corrected chi connectivity index (χ2v) is 9.75. The molecule has 12 heteroatoms. The van der Waals surface area contributed by atoms with Crippen LogP contribution in [0.25, 0.3) is 0 Å². The van der Waals surface area contributed by atoms with Crippen molar-refractivity contribution in [1.82, 2.24) is 0 Å². The summed E-state index contributed by atoms with van der Waals surface area (Å²) in [6.07, 6.45) is 0. The van der Waals surface area contributed by atoms with Gasteiger partial charge in [-0.1, -0.05) is 18.2 Å². The highest BCUT2D eigenvalue weighted by Crippen LogP contribution is 2.29. The SMILES string of the molecule is Cc1ccc([N+](=O)[O-])cc1S(=O)(=O)Nc1ccccc1NS(=O)(=O)c1ccc(F)cc1. The number of nitrogens with one attached hydrogen (secondary N) is 2. The number of nitrogens with zero attached hydrogens (tertiary/aromatic N) is 1. The molecule has 0 saturated heterocycles. The van der Waals surface area contributed by atoms with Crippen molar-refractivity contribution >= 4 is 37.1 Å². The molecule has 162 valence electrons. The van der Waals surface area contributed by atoms with E-state index in [1.807, 2.05) is 0 Å². The molecule has 0 bridgehead atoms. The quantitative estimate of drug-likeness (QED) is 0.404. The second kappa shape index (κ2) is 8.32. The van der Waals surface area contributed by atoms with Gasteiger partial charge in [-0.3, -0.25) is 19.6 Å². The summed E-state index contributed by atoms with van der Waals surface area (Å²) in [5.74, 6) is -0.612. The van der Waals surface area contributed by atoms with E-state index in [4.69, 9.17) is 0 Å². The summed E-state index contributed by atoms with van der Waals surface area (Å²) < 4.78 is 68.5. The van der Waals surface area contributed by atoms with Crippen LogP contribution in [-0.4, -0.2) is 21.8 Å². The van der Waals surface area contributed by atoms with E-state index in [0.29, 0.717) is 0 Å². The highest BCUT2D eigenvalue weighted by molar-refractivity contribution is 7.93. The van der Waals surface area contributed by atoms with Gasteiger partial charge in [-0.2, -0.15) is 0 Å². The molecule has 3 rings (SSSR count). The van der Waals surface area contributed by atoms with Crippen LogP contribution in [0.5, 0.6) is 0 Å². The van der Waals surface area contributed by atoms with Crippen LogP contribution in [0.4, 0.5) is 21.5 Å². The van der Waals surface area contributed by atoms with E-state index in [9.17, 15) is 31.3 Å². The molecular formula is C19H16FN3O6S2. The Morgan fingerprint density at radius 1 is 0.839 bits per heavy atom. The zero-order chi connectivity index (χ0) is 22.8. The number of anilines is 2. The molecule has 0 aliphatic carbocycles. The average molecular weight is 465 g/mol. The lowest BCUT2D eigenvalue weighted by Crippen LogP contribution is -2.18. The van der Waals surface area contributed by atoms with Gasteiger partial charge in [-0.25, -0.2) is 21.2 Å². The Labute approximate surface area is 177 Å². The minimum atomic E-state index is -4.29. The smallest absolute Gasteiger partial charge is 0.270 e. The van der Waals surface area contributed by atoms with Crippen molar-refractivity contribution in [3.63, 3.8) is 0 Å². The molecule has 0 atom stereocenters. The highest BCUT2D eigenvalue weighted by atomic mass is 32.2. The largest absolute Gasteiger partial charge is 0.277 e. The Morgan fingerprint density at radius 3 is 1.94 bits per heavy atom. The summed E-state index contributed by atoms with van der Waals surface area (Å²) in [5, 5.41) is 11.0. The lowest BCUT2D eigenvalue weighted by molar-refractivity contribution is -0.385. The Kier molecular flexibility index (Phi) is 5.95. The zero-order valence-electron chi connectivity index (χ0n) is 15.9. The molecule has 0 amide bonds. The highest BCUT2D eigenvalue weighted by Gasteiger charge is 2.23. The molecule has 0 aliphatic rings. The summed E-state index contributed by atoms with van der Waals surface area (Å²) >= 11 is 0. The molecule has 0 radical (unpaired) electrons. The van der Waals surface area contributed by atoms with Gasteiger partial charge < -0.3 is 0 Å². The van der Waals surface area contributed by atoms with E-state index in [-0.39, 0.29) is 26.7 Å². The van der Waals surface area contributed by atoms with Gasteiger partial charge in [0.2, 0.25) is 0 Å². The first kappa shape index (κ1) is 22.2. The third kappa shape index (κ3) is 4.98. The fourth-order valence-corrected chi connectivity index (χ4v) is 5.10. The minimum absolute atomic E-state index is 0.0847. The van der Waals surface area contributed by atoms with Crippen LogP contribution in [0.2, 0.25) is 0 Å². The van der Waals surface area contributed by atoms with Gasteiger partial charge in [0.05, 0.1) is 26.1 Å². The fourth-order valence-electron chi connectivity index (χ4n) is 2.67. The van der Waals surface area contributed by atoms with E-state index < -0.39 is 36.5 Å². The van der Waals surface area contributed by atoms with Gasteiger partial charge in [0.15, 0.2) is 0 Å². The molecule has 0 fully saturated rings. The van der Waals surface area contributed by atoms with Crippen molar-refractivity contribution in [3.05, 3.63) is 88.2 Å². The predicted molar refractivity (Wildman–Crippen MR) is 112 cm³/mol. The van der Waals surface area contributed by atoms with Crippen molar-refractivity contribution in [2.45, 2.75) is 16.7 Å². The number of aryl methyl sites for hydroxylation is 1. The van der Waals surface area contributed by atoms with Gasteiger partial charge in [0, 0.05) is 12.1 Å². The number of hydrogen-bond acceptors (Lipinski definition) is 6. The Balaban J connectivity index is 1.96. The monoisotopic (exact) mass is 465 g/mol. The van der Waals surface area contributed by atoms with E-state index in [1.165, 1.54) is 43.3 Å². The van der Waals surface area contributed by atoms with E-state index in [0.717, 1.165) is 30.3 Å². The molecule has 3 aromatic carbocycles. The van der Waals surface area contributed by atoms with Crippen molar-refractivity contribution < 1.29 is 26.1 Å². The topological polar surface area (TPSA) is 135 Å². The van der Waals surface area contributed by atoms with Gasteiger partial charge >= 0.3 is 0 Å². The second-order valence-electron chi connectivity index (χ2n) is 6.42. The first-order valence-corrected chi connectivity index (χ1v) is 11.6. The van der Waals surface area contributed by atoms with Crippen LogP contribution in [0.1, 0.15) is 5.56 Å². The summed E-state index contributed by atoms with van der Waals surface area (Å²) in [6.45, 7) is 1.47. The first-order valence-electron chi connectivity index (χ1n) is 8.65. The maximum absolute atomic E-state index is 13.1. The van der Waals surface area contributed by atoms with Crippen molar-refractivity contribution in [3.8, 4) is 0 Å². The van der Waals surface area contributed by atoms with Gasteiger partial charge in [-0.05, 0) is 48.9 Å². The maximum Gasteiger partial charge on any atom is 0.270 e. The average Bonchev–Trinajstić information content (AvgIpc) is 2.69. The standard InChI is InChI=1S/C19H16FN3O6S2/c1-13-6-9-15(23(24)25)12-19(13)31(28,29)22-18-5-3-2-4-17(18)21-30(26,27)16-10-7-14(20)8-11-16/h2-12,21-22H,1H3. The van der Waals surface area contributed by atoms with Crippen molar-refractivity contribution in [1.29, 1.82) is 0 Å². The fraction of sp³-hybridized carbons (Fsp3) is 0.0526. The maximum atomic E-state index is 13.1. The first-order chi connectivity index (χ1) is 14.5. The summed E-state index contributed by atoms with van der Waals surface area (Å²) in [6, 6.07) is 13.1. The number of non-ortho nitro benzene ring substituents is 1. The summed E-state index contributed by atoms with van der Waals surface area (Å²) in [7, 11) is -8.43. The van der Waals surface area contributed by atoms with E-state index in [1.54, 1.807) is 0 Å². The number of benzene rings is 3. The zero-order valence-corrected chi connectivity index (χ0v) is 17.6. The normalized spacial score (nSPS) is 11.7. The lowest BCUT2D eigenvalue weighted by Gasteiger charge is -2.15. The molecule has 9 nitrogen and oxygen atoms in total. The summed E-state index contributed by atoms with van der Waals surface area (Å²) in [4.78, 5) is 9.74. The molecule has 0 spiro atoms. The number of nitro groups is 1. The van der Waals surface area contributed by atoms with E-state index >= 15 is 0 Å². The molecule has 2 N–H and O–H groups in total. The number of sulfonamides is 2. The molecule has 0 saturated carbocycles. The van der Waals surface area contributed by atoms with Crippen molar-refractivity contribution in [2.75, 3.05) is 9.44 Å². The molecular weight excluding hydrogens is 449 g/mol. The number of hydrogen-bond donors (Lipinski definition) is 2. The Bertz CT molecular complexity index is 1360. The van der Waals surface area contributed by atoms with Gasteiger partial charge in [-0.15, -0.1) is 0 Å². The minimum Gasteiger partial charge on any atom is -0.277 e. The van der Waals surface area contributed by atoms with Crippen LogP contribution < -0.4 is 9.44 Å². The van der Waals surface area contributed by atoms with Crippen LogP contribution in [0.3, 0.4) is 0 Å². The van der Waals surface area contributed by atoms with E-state index in [2.05, 4.69) is 9.44 Å². The molecule has 0 unspecified atom stereocenters. The van der Waals surface area contributed by atoms with Crippen LogP contribution in [-0.2, 0) is 20.0 Å². The van der Waals surface area contributed by atoms with Crippen LogP contribution in [0, 0.1) is 22.9 Å². The third-order valence-electron chi connectivity index (χ3n) is 4.21. The molecule has 0 aliphatic heterocycles.